The maximum absolute atomic E-state index is 6.02. The summed E-state index contributed by atoms with van der Waals surface area (Å²) in [6.07, 6.45) is 8.25. The average molecular weight is 249 g/mol. The van der Waals surface area contributed by atoms with Gasteiger partial charge in [-0.2, -0.15) is 0 Å². The van der Waals surface area contributed by atoms with E-state index in [2.05, 4.69) is 42.9 Å². The summed E-state index contributed by atoms with van der Waals surface area (Å²) in [5.74, 6) is 0. The molecule has 2 N–H and O–H groups in total. The summed E-state index contributed by atoms with van der Waals surface area (Å²) in [5.41, 5.74) is 7.53. The summed E-state index contributed by atoms with van der Waals surface area (Å²) >= 11 is 0. The quantitative estimate of drug-likeness (QED) is 0.769. The fraction of sp³-hybridized carbons (Fsp3) is 0.667. The zero-order valence-electron chi connectivity index (χ0n) is 12.0. The minimum atomic E-state index is 0.168. The van der Waals surface area contributed by atoms with Gasteiger partial charge in [-0.1, -0.05) is 20.3 Å². The maximum atomic E-state index is 6.02. The van der Waals surface area contributed by atoms with Crippen molar-refractivity contribution in [2.24, 2.45) is 5.73 Å². The fourth-order valence-corrected chi connectivity index (χ4v) is 2.59. The lowest BCUT2D eigenvalue weighted by atomic mass is 9.88. The molecule has 1 rings (SSSR count). The van der Waals surface area contributed by atoms with Gasteiger partial charge in [0.05, 0.1) is 0 Å². The standard InChI is InChI=1S/C15H27N3/c1-4-9-15(5-2,13-16)18(3)12-8-14-6-10-17-11-7-14/h6-7,10-11H,4-5,8-9,12-13,16H2,1-3H3. The van der Waals surface area contributed by atoms with Crippen molar-refractivity contribution < 1.29 is 0 Å². The van der Waals surface area contributed by atoms with Crippen molar-refractivity contribution in [3.8, 4) is 0 Å². The van der Waals surface area contributed by atoms with Crippen molar-refractivity contribution in [2.45, 2.75) is 45.1 Å². The van der Waals surface area contributed by atoms with Gasteiger partial charge in [0.25, 0.3) is 0 Å². The highest BCUT2D eigenvalue weighted by Crippen LogP contribution is 2.23. The van der Waals surface area contributed by atoms with E-state index in [0.717, 1.165) is 25.9 Å². The lowest BCUT2D eigenvalue weighted by Gasteiger charge is -2.41. The molecule has 1 atom stereocenters. The number of nitrogens with two attached hydrogens (primary N) is 1. The van der Waals surface area contributed by atoms with E-state index in [1.54, 1.807) is 0 Å². The summed E-state index contributed by atoms with van der Waals surface area (Å²) in [4.78, 5) is 6.49. The van der Waals surface area contributed by atoms with Crippen LogP contribution in [0.1, 0.15) is 38.7 Å². The third-order valence-corrected chi connectivity index (χ3v) is 4.05. The van der Waals surface area contributed by atoms with Gasteiger partial charge in [-0.3, -0.25) is 9.88 Å². The summed E-state index contributed by atoms with van der Waals surface area (Å²) in [5, 5.41) is 0. The van der Waals surface area contributed by atoms with Crippen molar-refractivity contribution in [1.29, 1.82) is 0 Å². The van der Waals surface area contributed by atoms with Gasteiger partial charge in [0.1, 0.15) is 0 Å². The molecule has 1 heterocycles. The SMILES string of the molecule is CCCC(CC)(CN)N(C)CCc1ccncc1. The molecule has 0 spiro atoms. The van der Waals surface area contributed by atoms with Gasteiger partial charge in [-0.15, -0.1) is 0 Å². The number of nitrogens with zero attached hydrogens (tertiary/aromatic N) is 2. The Balaban J connectivity index is 2.59. The fourth-order valence-electron chi connectivity index (χ4n) is 2.59. The number of pyridine rings is 1. The second-order valence-corrected chi connectivity index (χ2v) is 5.06. The van der Waals surface area contributed by atoms with E-state index in [-0.39, 0.29) is 5.54 Å². The van der Waals surface area contributed by atoms with Crippen molar-refractivity contribution in [3.05, 3.63) is 30.1 Å². The molecule has 18 heavy (non-hydrogen) atoms. The van der Waals surface area contributed by atoms with Gasteiger partial charge in [0, 0.05) is 31.0 Å². The molecule has 1 aromatic rings. The molecule has 0 saturated heterocycles. The Bertz CT molecular complexity index is 320. The Morgan fingerprint density at radius 1 is 1.28 bits per heavy atom. The number of hydrogen-bond acceptors (Lipinski definition) is 3. The molecule has 3 heteroatoms. The minimum Gasteiger partial charge on any atom is -0.329 e. The second-order valence-electron chi connectivity index (χ2n) is 5.06. The Labute approximate surface area is 111 Å². The molecule has 0 aliphatic carbocycles. The first-order chi connectivity index (χ1) is 8.68. The molecule has 0 aliphatic rings. The molecule has 0 amide bonds. The van der Waals surface area contributed by atoms with E-state index >= 15 is 0 Å². The Hall–Kier alpha value is -0.930. The van der Waals surface area contributed by atoms with Crippen molar-refractivity contribution >= 4 is 0 Å². The van der Waals surface area contributed by atoms with Crippen LogP contribution in [0, 0.1) is 0 Å². The molecular weight excluding hydrogens is 222 g/mol. The van der Waals surface area contributed by atoms with Crippen LogP contribution in [0.4, 0.5) is 0 Å². The zero-order chi connectivity index (χ0) is 13.4. The molecule has 0 saturated carbocycles. The van der Waals surface area contributed by atoms with Crippen molar-refractivity contribution in [3.63, 3.8) is 0 Å². The largest absolute Gasteiger partial charge is 0.329 e. The lowest BCUT2D eigenvalue weighted by Crippen LogP contribution is -2.52. The van der Waals surface area contributed by atoms with Gasteiger partial charge in [-0.25, -0.2) is 0 Å². The van der Waals surface area contributed by atoms with Crippen LogP contribution in [-0.2, 0) is 6.42 Å². The number of aromatic nitrogens is 1. The monoisotopic (exact) mass is 249 g/mol. The smallest absolute Gasteiger partial charge is 0.0326 e. The highest BCUT2D eigenvalue weighted by Gasteiger charge is 2.29. The average Bonchev–Trinajstić information content (AvgIpc) is 2.43. The van der Waals surface area contributed by atoms with E-state index < -0.39 is 0 Å². The summed E-state index contributed by atoms with van der Waals surface area (Å²) < 4.78 is 0. The first-order valence-electron chi connectivity index (χ1n) is 6.98. The molecular formula is C15H27N3. The van der Waals surface area contributed by atoms with Gasteiger partial charge in [-0.05, 0) is 44.0 Å². The summed E-state index contributed by atoms with van der Waals surface area (Å²) in [6.45, 7) is 6.27. The predicted molar refractivity (Wildman–Crippen MR) is 77.6 cm³/mol. The molecule has 0 radical (unpaired) electrons. The normalized spacial score (nSPS) is 14.7. The van der Waals surface area contributed by atoms with E-state index in [0.29, 0.717) is 0 Å². The van der Waals surface area contributed by atoms with Crippen LogP contribution in [0.25, 0.3) is 0 Å². The molecule has 1 aromatic heterocycles. The molecule has 0 bridgehead atoms. The number of hydrogen-bond donors (Lipinski definition) is 1. The first kappa shape index (κ1) is 15.1. The molecule has 0 fully saturated rings. The van der Waals surface area contributed by atoms with Gasteiger partial charge in [0.15, 0.2) is 0 Å². The van der Waals surface area contributed by atoms with E-state index in [1.165, 1.54) is 18.4 Å². The molecule has 0 aromatic carbocycles. The van der Waals surface area contributed by atoms with Gasteiger partial charge < -0.3 is 5.73 Å². The minimum absolute atomic E-state index is 0.168. The highest BCUT2D eigenvalue weighted by molar-refractivity contribution is 5.10. The summed E-state index contributed by atoms with van der Waals surface area (Å²) in [6, 6.07) is 4.17. The topological polar surface area (TPSA) is 42.1 Å². The zero-order valence-corrected chi connectivity index (χ0v) is 12.0. The molecule has 0 aliphatic heterocycles. The van der Waals surface area contributed by atoms with E-state index in [1.807, 2.05) is 12.4 Å². The van der Waals surface area contributed by atoms with Crippen LogP contribution >= 0.6 is 0 Å². The number of rotatable bonds is 8. The first-order valence-corrected chi connectivity index (χ1v) is 6.98. The van der Waals surface area contributed by atoms with Crippen LogP contribution in [-0.4, -0.2) is 35.6 Å². The predicted octanol–water partition coefficient (Wildman–Crippen LogP) is 2.46. The highest BCUT2D eigenvalue weighted by atomic mass is 15.2. The van der Waals surface area contributed by atoms with Crippen molar-refractivity contribution in [1.82, 2.24) is 9.88 Å². The lowest BCUT2D eigenvalue weighted by molar-refractivity contribution is 0.111. The third kappa shape index (κ3) is 3.79. The number of likely N-dealkylation sites (N-methyl/N-ethyl adjacent to an activating group) is 1. The van der Waals surface area contributed by atoms with E-state index in [9.17, 15) is 0 Å². The van der Waals surface area contributed by atoms with Crippen LogP contribution < -0.4 is 5.73 Å². The second kappa shape index (κ2) is 7.49. The van der Waals surface area contributed by atoms with E-state index in [4.69, 9.17) is 5.73 Å². The van der Waals surface area contributed by atoms with Gasteiger partial charge >= 0.3 is 0 Å². The van der Waals surface area contributed by atoms with Crippen LogP contribution in [0.5, 0.6) is 0 Å². The Morgan fingerprint density at radius 2 is 1.94 bits per heavy atom. The summed E-state index contributed by atoms with van der Waals surface area (Å²) in [7, 11) is 2.20. The van der Waals surface area contributed by atoms with Crippen LogP contribution in [0.15, 0.2) is 24.5 Å². The van der Waals surface area contributed by atoms with Crippen LogP contribution in [0.3, 0.4) is 0 Å². The Kier molecular flexibility index (Phi) is 6.30. The third-order valence-electron chi connectivity index (χ3n) is 4.05. The molecule has 3 nitrogen and oxygen atoms in total. The molecule has 102 valence electrons. The Morgan fingerprint density at radius 3 is 2.44 bits per heavy atom. The van der Waals surface area contributed by atoms with Crippen molar-refractivity contribution in [2.75, 3.05) is 20.1 Å². The maximum Gasteiger partial charge on any atom is 0.0326 e. The van der Waals surface area contributed by atoms with Gasteiger partial charge in [0.2, 0.25) is 0 Å². The molecule has 1 unspecified atom stereocenters. The van der Waals surface area contributed by atoms with Crippen LogP contribution in [0.2, 0.25) is 0 Å².